The molecule has 2 aliphatic rings. The third-order valence-corrected chi connectivity index (χ3v) is 5.34. The average Bonchev–Trinajstić information content (AvgIpc) is 2.88. The van der Waals surface area contributed by atoms with Gasteiger partial charge in [-0.25, -0.2) is 4.98 Å². The van der Waals surface area contributed by atoms with Crippen LogP contribution in [0.5, 0.6) is 0 Å². The smallest absolute Gasteiger partial charge is 0.312 e. The Hall–Kier alpha value is -0.590. The lowest BCUT2D eigenvalue weighted by Gasteiger charge is -2.20. The highest BCUT2D eigenvalue weighted by atomic mass is 32.2. The maximum atomic E-state index is 11.1. The molecule has 1 aromatic heterocycles. The third-order valence-electron chi connectivity index (χ3n) is 3.12. The summed E-state index contributed by atoms with van der Waals surface area (Å²) in [5, 5.41) is 10.1. The number of thiazole rings is 1. The summed E-state index contributed by atoms with van der Waals surface area (Å²) in [6.45, 7) is 0.766. The van der Waals surface area contributed by atoms with Crippen molar-refractivity contribution < 1.29 is 14.6 Å². The van der Waals surface area contributed by atoms with Crippen molar-refractivity contribution in [1.82, 2.24) is 4.98 Å². The molecule has 1 aliphatic heterocycles. The van der Waals surface area contributed by atoms with Crippen LogP contribution in [0.2, 0.25) is 0 Å². The van der Waals surface area contributed by atoms with Crippen molar-refractivity contribution in [3.8, 4) is 0 Å². The van der Waals surface area contributed by atoms with E-state index in [-0.39, 0.29) is 6.10 Å². The summed E-state index contributed by atoms with van der Waals surface area (Å²) in [6, 6.07) is 0. The molecule has 0 aromatic carbocycles. The van der Waals surface area contributed by atoms with E-state index >= 15 is 0 Å². The molecule has 1 aromatic rings. The molecule has 0 bridgehead atoms. The number of fused-ring (bicyclic) bond motifs is 1. The Morgan fingerprint density at radius 1 is 1.53 bits per heavy atom. The van der Waals surface area contributed by atoms with Gasteiger partial charge in [0, 0.05) is 16.4 Å². The van der Waals surface area contributed by atoms with Crippen LogP contribution in [0.3, 0.4) is 0 Å². The highest BCUT2D eigenvalue weighted by Crippen LogP contribution is 2.40. The van der Waals surface area contributed by atoms with Crippen LogP contribution >= 0.6 is 23.1 Å². The first kappa shape index (κ1) is 11.5. The molecule has 0 radical (unpaired) electrons. The molecule has 17 heavy (non-hydrogen) atoms. The summed E-state index contributed by atoms with van der Waals surface area (Å²) in [5.41, 5.74) is 0.789. The van der Waals surface area contributed by atoms with Crippen molar-refractivity contribution in [2.24, 2.45) is 0 Å². The minimum atomic E-state index is -0.750. The van der Waals surface area contributed by atoms with Crippen LogP contribution in [0.4, 0.5) is 0 Å². The van der Waals surface area contributed by atoms with Gasteiger partial charge in [-0.3, -0.25) is 4.79 Å². The summed E-state index contributed by atoms with van der Waals surface area (Å²) in [4.78, 5) is 16.7. The minimum Gasteiger partial charge on any atom is -0.481 e. The van der Waals surface area contributed by atoms with E-state index in [2.05, 4.69) is 4.98 Å². The molecule has 1 N–H and O–H groups in total. The SMILES string of the molecule is O=C(O)C1CCc2sc(C3CSCCO3)nc21. The van der Waals surface area contributed by atoms with E-state index in [0.717, 1.165) is 40.1 Å². The van der Waals surface area contributed by atoms with Crippen LogP contribution in [-0.4, -0.2) is 34.2 Å². The van der Waals surface area contributed by atoms with E-state index in [1.807, 2.05) is 11.8 Å². The second-order valence-electron chi connectivity index (χ2n) is 4.22. The molecular weight excluding hydrogens is 258 g/mol. The van der Waals surface area contributed by atoms with Gasteiger partial charge in [-0.15, -0.1) is 11.3 Å². The first-order valence-electron chi connectivity index (χ1n) is 5.67. The van der Waals surface area contributed by atoms with Crippen molar-refractivity contribution in [3.63, 3.8) is 0 Å². The Morgan fingerprint density at radius 3 is 3.12 bits per heavy atom. The molecule has 2 unspecified atom stereocenters. The number of hydrogen-bond donors (Lipinski definition) is 1. The van der Waals surface area contributed by atoms with Crippen molar-refractivity contribution >= 4 is 29.1 Å². The number of aryl methyl sites for hydroxylation is 1. The maximum Gasteiger partial charge on any atom is 0.312 e. The number of carboxylic acid groups (broad SMARTS) is 1. The van der Waals surface area contributed by atoms with Gasteiger partial charge in [-0.2, -0.15) is 11.8 Å². The van der Waals surface area contributed by atoms with E-state index in [4.69, 9.17) is 9.84 Å². The fraction of sp³-hybridized carbons (Fsp3) is 0.636. The lowest BCUT2D eigenvalue weighted by atomic mass is 10.1. The largest absolute Gasteiger partial charge is 0.481 e. The summed E-state index contributed by atoms with van der Waals surface area (Å²) in [6.07, 6.45) is 1.62. The van der Waals surface area contributed by atoms with Gasteiger partial charge in [0.15, 0.2) is 0 Å². The van der Waals surface area contributed by atoms with Gasteiger partial charge in [-0.05, 0) is 12.8 Å². The molecule has 0 saturated carbocycles. The maximum absolute atomic E-state index is 11.1. The fourth-order valence-electron chi connectivity index (χ4n) is 2.25. The van der Waals surface area contributed by atoms with E-state index in [1.165, 1.54) is 0 Å². The van der Waals surface area contributed by atoms with E-state index in [0.29, 0.717) is 6.42 Å². The molecule has 6 heteroatoms. The van der Waals surface area contributed by atoms with Gasteiger partial charge in [-0.1, -0.05) is 0 Å². The number of aliphatic carboxylic acids is 1. The molecule has 0 amide bonds. The molecule has 92 valence electrons. The summed E-state index contributed by atoms with van der Waals surface area (Å²) < 4.78 is 5.68. The van der Waals surface area contributed by atoms with Gasteiger partial charge in [0.2, 0.25) is 0 Å². The van der Waals surface area contributed by atoms with E-state index in [9.17, 15) is 4.79 Å². The zero-order valence-electron chi connectivity index (χ0n) is 9.22. The Balaban J connectivity index is 1.84. The number of aromatic nitrogens is 1. The van der Waals surface area contributed by atoms with Crippen molar-refractivity contribution in [2.75, 3.05) is 18.1 Å². The lowest BCUT2D eigenvalue weighted by molar-refractivity contribution is -0.138. The van der Waals surface area contributed by atoms with Crippen LogP contribution in [0.1, 0.15) is 34.0 Å². The number of nitrogens with zero attached hydrogens (tertiary/aromatic N) is 1. The third kappa shape index (κ3) is 2.09. The second-order valence-corrected chi connectivity index (χ2v) is 6.49. The molecule has 2 atom stereocenters. The fourth-order valence-corrected chi connectivity index (χ4v) is 4.40. The first-order valence-corrected chi connectivity index (χ1v) is 7.64. The number of carbonyl (C=O) groups is 1. The predicted molar refractivity (Wildman–Crippen MR) is 66.8 cm³/mol. The van der Waals surface area contributed by atoms with Crippen LogP contribution in [0.25, 0.3) is 0 Å². The Bertz CT molecular complexity index is 440. The second kappa shape index (κ2) is 4.59. The summed E-state index contributed by atoms with van der Waals surface area (Å²) >= 11 is 3.51. The van der Waals surface area contributed by atoms with Gasteiger partial charge in [0.1, 0.15) is 17.0 Å². The molecule has 1 saturated heterocycles. The monoisotopic (exact) mass is 271 g/mol. The Morgan fingerprint density at radius 2 is 2.41 bits per heavy atom. The number of ether oxygens (including phenoxy) is 1. The van der Waals surface area contributed by atoms with Crippen LogP contribution in [-0.2, 0) is 16.0 Å². The lowest BCUT2D eigenvalue weighted by Crippen LogP contribution is -2.16. The Kier molecular flexibility index (Phi) is 3.10. The Labute approximate surface area is 107 Å². The van der Waals surface area contributed by atoms with Crippen LogP contribution in [0, 0.1) is 0 Å². The number of hydrogen-bond acceptors (Lipinski definition) is 5. The summed E-state index contributed by atoms with van der Waals surface area (Å²) in [5.74, 6) is 0.828. The molecular formula is C11H13NO3S2. The summed E-state index contributed by atoms with van der Waals surface area (Å²) in [7, 11) is 0. The molecule has 1 aliphatic carbocycles. The highest BCUT2D eigenvalue weighted by Gasteiger charge is 2.34. The molecule has 2 heterocycles. The number of rotatable bonds is 2. The quantitative estimate of drug-likeness (QED) is 0.892. The highest BCUT2D eigenvalue weighted by molar-refractivity contribution is 7.99. The van der Waals surface area contributed by atoms with Gasteiger partial charge >= 0.3 is 5.97 Å². The zero-order chi connectivity index (χ0) is 11.8. The van der Waals surface area contributed by atoms with Gasteiger partial charge in [0.25, 0.3) is 0 Å². The van der Waals surface area contributed by atoms with Crippen molar-refractivity contribution in [1.29, 1.82) is 0 Å². The van der Waals surface area contributed by atoms with Crippen molar-refractivity contribution in [3.05, 3.63) is 15.6 Å². The number of thioether (sulfide) groups is 1. The molecule has 4 nitrogen and oxygen atoms in total. The topological polar surface area (TPSA) is 59.4 Å². The van der Waals surface area contributed by atoms with Gasteiger partial charge < -0.3 is 9.84 Å². The number of carboxylic acids is 1. The molecule has 3 rings (SSSR count). The van der Waals surface area contributed by atoms with E-state index < -0.39 is 11.9 Å². The first-order chi connectivity index (χ1) is 8.25. The normalized spacial score (nSPS) is 28.0. The molecule has 0 spiro atoms. The average molecular weight is 271 g/mol. The zero-order valence-corrected chi connectivity index (χ0v) is 10.9. The predicted octanol–water partition coefficient (Wildman–Crippen LogP) is 2.06. The van der Waals surface area contributed by atoms with Crippen LogP contribution < -0.4 is 0 Å². The molecule has 1 fully saturated rings. The van der Waals surface area contributed by atoms with E-state index in [1.54, 1.807) is 11.3 Å². The minimum absolute atomic E-state index is 0.0683. The van der Waals surface area contributed by atoms with Gasteiger partial charge in [0.05, 0.1) is 12.3 Å². The standard InChI is InChI=1S/C11H13NO3S2/c13-11(14)6-1-2-8-9(6)12-10(17-8)7-5-16-4-3-15-7/h6-7H,1-5H2,(H,13,14). The van der Waals surface area contributed by atoms with Crippen LogP contribution in [0.15, 0.2) is 0 Å². The van der Waals surface area contributed by atoms with Crippen molar-refractivity contribution in [2.45, 2.75) is 24.9 Å².